The maximum atomic E-state index is 2.45. The van der Waals surface area contributed by atoms with Gasteiger partial charge in [-0.3, -0.25) is 0 Å². The fraction of sp³-hybridized carbons (Fsp3) is 0.0417. The normalized spacial score (nSPS) is 13.4. The predicted octanol–water partition coefficient (Wildman–Crippen LogP) is 12.8. The molecule has 1 aliphatic carbocycles. The van der Waals surface area contributed by atoms with Gasteiger partial charge in [0.2, 0.25) is 0 Å². The molecular formula is C48H33N3. The number of hydrogen-bond donors (Lipinski definition) is 0. The molecule has 10 aromatic rings. The van der Waals surface area contributed by atoms with Crippen molar-refractivity contribution in [3.8, 4) is 22.5 Å². The topological polar surface area (TPSA) is 14.8 Å². The van der Waals surface area contributed by atoms with E-state index < -0.39 is 0 Å². The molecule has 51 heavy (non-hydrogen) atoms. The van der Waals surface area contributed by atoms with Gasteiger partial charge in [0.05, 0.1) is 33.1 Å². The first-order valence-electron chi connectivity index (χ1n) is 17.8. The minimum absolute atomic E-state index is 1.07. The molecule has 3 heterocycles. The van der Waals surface area contributed by atoms with Crippen LogP contribution in [0.4, 0.5) is 0 Å². The second-order valence-corrected chi connectivity index (χ2v) is 13.7. The first-order chi connectivity index (χ1) is 25.3. The van der Waals surface area contributed by atoms with Crippen LogP contribution in [0.3, 0.4) is 0 Å². The van der Waals surface area contributed by atoms with Crippen LogP contribution in [0.1, 0.15) is 12.8 Å². The van der Waals surface area contributed by atoms with E-state index in [2.05, 4.69) is 190 Å². The third-order valence-electron chi connectivity index (χ3n) is 10.8. The number of allylic oxidation sites excluding steroid dienone is 4. The summed E-state index contributed by atoms with van der Waals surface area (Å²) < 4.78 is 7.26. The van der Waals surface area contributed by atoms with Crippen LogP contribution in [0.5, 0.6) is 0 Å². The van der Waals surface area contributed by atoms with Crippen molar-refractivity contribution in [2.24, 2.45) is 0 Å². The second-order valence-electron chi connectivity index (χ2n) is 13.7. The monoisotopic (exact) mass is 651 g/mol. The van der Waals surface area contributed by atoms with E-state index in [4.69, 9.17) is 0 Å². The zero-order valence-electron chi connectivity index (χ0n) is 28.0. The van der Waals surface area contributed by atoms with Crippen LogP contribution in [0, 0.1) is 0 Å². The fourth-order valence-electron chi connectivity index (χ4n) is 8.58. The maximum absolute atomic E-state index is 2.45. The van der Waals surface area contributed by atoms with Gasteiger partial charge >= 0.3 is 0 Å². The summed E-state index contributed by atoms with van der Waals surface area (Å²) in [6, 6.07) is 58.0. The average molecular weight is 652 g/mol. The van der Waals surface area contributed by atoms with Crippen molar-refractivity contribution in [2.45, 2.75) is 12.8 Å². The minimum atomic E-state index is 1.07. The van der Waals surface area contributed by atoms with Crippen molar-refractivity contribution >= 4 is 71.1 Å². The van der Waals surface area contributed by atoms with Crippen LogP contribution in [0.15, 0.2) is 176 Å². The molecule has 0 fully saturated rings. The first-order valence-corrected chi connectivity index (χ1v) is 17.8. The van der Waals surface area contributed by atoms with Gasteiger partial charge in [0.25, 0.3) is 0 Å². The standard InChI is InChI=1S/C48H33N3/c1-3-13-34(14-4-1)49-44-21-11-8-18-38(44)41-29-32(23-27-46(41)49)33-24-28-47-42(30-33)39-19-9-12-22-45(39)51(47)36-25-26-40-37-17-7-10-20-43(37)50(48(40)31-36)35-15-5-2-6-16-35/h1,3-5,7-31H,2,6H2. The molecule has 7 aromatic carbocycles. The quantitative estimate of drug-likeness (QED) is 0.180. The maximum Gasteiger partial charge on any atom is 0.0561 e. The minimum Gasteiger partial charge on any atom is -0.310 e. The van der Waals surface area contributed by atoms with E-state index in [9.17, 15) is 0 Å². The van der Waals surface area contributed by atoms with Crippen molar-refractivity contribution in [1.29, 1.82) is 0 Å². The van der Waals surface area contributed by atoms with Gasteiger partial charge in [0.15, 0.2) is 0 Å². The van der Waals surface area contributed by atoms with Crippen LogP contribution < -0.4 is 0 Å². The lowest BCUT2D eigenvalue weighted by Crippen LogP contribution is -1.98. The lowest BCUT2D eigenvalue weighted by atomic mass is 10.0. The highest BCUT2D eigenvalue weighted by atomic mass is 15.0. The van der Waals surface area contributed by atoms with Gasteiger partial charge in [0, 0.05) is 49.4 Å². The van der Waals surface area contributed by atoms with Crippen molar-refractivity contribution in [1.82, 2.24) is 13.7 Å². The van der Waals surface area contributed by atoms with Gasteiger partial charge in [-0.25, -0.2) is 0 Å². The summed E-state index contributed by atoms with van der Waals surface area (Å²) in [4.78, 5) is 0. The van der Waals surface area contributed by atoms with Crippen molar-refractivity contribution in [3.63, 3.8) is 0 Å². The van der Waals surface area contributed by atoms with Crippen LogP contribution in [0.2, 0.25) is 0 Å². The highest BCUT2D eigenvalue weighted by molar-refractivity contribution is 6.14. The molecule has 0 aliphatic heterocycles. The molecule has 0 saturated carbocycles. The number of nitrogens with zero attached hydrogens (tertiary/aromatic N) is 3. The van der Waals surface area contributed by atoms with Gasteiger partial charge in [-0.1, -0.05) is 103 Å². The van der Waals surface area contributed by atoms with Crippen molar-refractivity contribution in [3.05, 3.63) is 176 Å². The Kier molecular flexibility index (Phi) is 6.08. The summed E-state index contributed by atoms with van der Waals surface area (Å²) >= 11 is 0. The smallest absolute Gasteiger partial charge is 0.0561 e. The van der Waals surface area contributed by atoms with Crippen LogP contribution in [0.25, 0.3) is 93.6 Å². The summed E-state index contributed by atoms with van der Waals surface area (Å²) in [5.74, 6) is 0. The van der Waals surface area contributed by atoms with Crippen LogP contribution >= 0.6 is 0 Å². The molecule has 0 amide bonds. The van der Waals surface area contributed by atoms with Gasteiger partial charge < -0.3 is 13.7 Å². The Balaban J connectivity index is 1.11. The van der Waals surface area contributed by atoms with E-state index in [1.165, 1.54) is 93.6 Å². The Labute approximate surface area is 295 Å². The van der Waals surface area contributed by atoms with E-state index in [1.807, 2.05) is 0 Å². The van der Waals surface area contributed by atoms with Gasteiger partial charge in [0.1, 0.15) is 0 Å². The molecule has 0 spiro atoms. The molecule has 240 valence electrons. The number of rotatable bonds is 4. The number of fused-ring (bicyclic) bond motifs is 9. The van der Waals surface area contributed by atoms with Gasteiger partial charge in [-0.15, -0.1) is 0 Å². The highest BCUT2D eigenvalue weighted by Crippen LogP contribution is 2.40. The average Bonchev–Trinajstić information content (AvgIpc) is 3.83. The number of benzene rings is 7. The molecule has 0 atom stereocenters. The second kappa shape index (κ2) is 11.0. The van der Waals surface area contributed by atoms with E-state index in [0.29, 0.717) is 0 Å². The number of para-hydroxylation sites is 4. The summed E-state index contributed by atoms with van der Waals surface area (Å²) in [6.07, 6.45) is 9.11. The Morgan fingerprint density at radius 3 is 1.45 bits per heavy atom. The first kappa shape index (κ1) is 28.3. The molecular weight excluding hydrogens is 619 g/mol. The molecule has 0 bridgehead atoms. The molecule has 3 nitrogen and oxygen atoms in total. The molecule has 0 radical (unpaired) electrons. The Morgan fingerprint density at radius 2 is 0.843 bits per heavy atom. The van der Waals surface area contributed by atoms with Gasteiger partial charge in [-0.05, 0) is 96.8 Å². The van der Waals surface area contributed by atoms with Crippen molar-refractivity contribution < 1.29 is 0 Å². The molecule has 3 aromatic heterocycles. The lowest BCUT2D eigenvalue weighted by Gasteiger charge is -2.13. The predicted molar refractivity (Wildman–Crippen MR) is 216 cm³/mol. The SMILES string of the molecule is C1=CC(n2c3ccccc3c3ccc(-n4c5ccccc5c5cc(-c6ccc7c(c6)c6ccccc6n7-c6ccccc6)ccc54)cc32)=CCC1. The van der Waals surface area contributed by atoms with Crippen LogP contribution in [-0.2, 0) is 0 Å². The summed E-state index contributed by atoms with van der Waals surface area (Å²) in [5, 5.41) is 7.61. The van der Waals surface area contributed by atoms with Crippen LogP contribution in [-0.4, -0.2) is 13.7 Å². The molecule has 1 aliphatic rings. The summed E-state index contributed by atoms with van der Waals surface area (Å²) in [5.41, 5.74) is 13.4. The molecule has 11 rings (SSSR count). The van der Waals surface area contributed by atoms with Crippen molar-refractivity contribution in [2.75, 3.05) is 0 Å². The molecule has 0 unspecified atom stereocenters. The Morgan fingerprint density at radius 1 is 0.333 bits per heavy atom. The fourth-order valence-corrected chi connectivity index (χ4v) is 8.58. The van der Waals surface area contributed by atoms with E-state index in [-0.39, 0.29) is 0 Å². The molecule has 0 saturated heterocycles. The third-order valence-corrected chi connectivity index (χ3v) is 10.8. The van der Waals surface area contributed by atoms with Gasteiger partial charge in [-0.2, -0.15) is 0 Å². The lowest BCUT2D eigenvalue weighted by molar-refractivity contribution is 1.02. The molecule has 3 heteroatoms. The van der Waals surface area contributed by atoms with E-state index >= 15 is 0 Å². The number of hydrogen-bond acceptors (Lipinski definition) is 0. The Hall–Kier alpha value is -6.58. The summed E-state index contributed by atoms with van der Waals surface area (Å²) in [7, 11) is 0. The highest BCUT2D eigenvalue weighted by Gasteiger charge is 2.18. The third kappa shape index (κ3) is 4.18. The number of aromatic nitrogens is 3. The van der Waals surface area contributed by atoms with E-state index in [1.54, 1.807) is 0 Å². The largest absolute Gasteiger partial charge is 0.310 e. The summed E-state index contributed by atoms with van der Waals surface area (Å²) in [6.45, 7) is 0. The molecule has 0 N–H and O–H groups in total. The zero-order valence-corrected chi connectivity index (χ0v) is 28.0. The Bertz CT molecular complexity index is 3070. The zero-order chi connectivity index (χ0) is 33.5. The van der Waals surface area contributed by atoms with E-state index in [0.717, 1.165) is 12.8 Å².